The van der Waals surface area contributed by atoms with Gasteiger partial charge < -0.3 is 39.1 Å². The standard InChI is InChI=1S/C19H20N2O2.C19H19NO3.C18H18N2O2.C18H17NO3/c1-14(2)19(22)20-17-8-9-18-16(10-17)12-21(13-23-18)11-15-6-4-3-5-7-15;1-14(2)19(21)23-17-8-9-18-16(10-17)12-20(13-22-18)11-15-6-4-3-5-7-15;1-2-18(21)19-16-8-9-17-15(10-16)12-20(13-22-17)11-14-6-4-3-5-7-14;1-2-18(20)22-16-8-9-17-15(10-16)12-19(13-21-17)11-14-6-4-3-5-7-14/h3-10H,1,11-13H2,2H3,(H,20,22);3-10H,1,11-13H2,2H3;2-10H,1,11-13H2,(H,19,21);2-10H,1,11-13H2. The number of nitrogens with zero attached hydrogens (tertiary/aromatic N) is 4. The minimum Gasteiger partial charge on any atom is -0.478 e. The number of nitrogens with one attached hydrogen (secondary N) is 2. The zero-order valence-corrected chi connectivity index (χ0v) is 50.8. The molecule has 4 aliphatic heterocycles. The van der Waals surface area contributed by atoms with Crippen LogP contribution in [0.5, 0.6) is 34.5 Å². The summed E-state index contributed by atoms with van der Waals surface area (Å²) in [7, 11) is 0. The van der Waals surface area contributed by atoms with Crippen LogP contribution in [-0.4, -0.2) is 70.3 Å². The Kier molecular flexibility index (Phi) is 22.8. The molecule has 16 nitrogen and oxygen atoms in total. The van der Waals surface area contributed by atoms with Crippen molar-refractivity contribution in [1.29, 1.82) is 0 Å². The lowest BCUT2D eigenvalue weighted by Gasteiger charge is -2.29. The van der Waals surface area contributed by atoms with Crippen LogP contribution in [0.15, 0.2) is 244 Å². The monoisotopic (exact) mass is 1210 g/mol. The number of hydrogen-bond donors (Lipinski definition) is 2. The number of esters is 2. The van der Waals surface area contributed by atoms with Gasteiger partial charge in [-0.3, -0.25) is 29.2 Å². The quantitative estimate of drug-likeness (QED) is 0.0534. The van der Waals surface area contributed by atoms with Crippen LogP contribution in [0.25, 0.3) is 0 Å². The van der Waals surface area contributed by atoms with Gasteiger partial charge in [-0.2, -0.15) is 0 Å². The highest BCUT2D eigenvalue weighted by Gasteiger charge is 2.23. The average Bonchev–Trinajstić information content (AvgIpc) is 2.14. The van der Waals surface area contributed by atoms with Gasteiger partial charge in [0.2, 0.25) is 5.91 Å². The molecule has 0 atom stereocenters. The molecule has 0 spiro atoms. The maximum atomic E-state index is 11.7. The second-order valence-electron chi connectivity index (χ2n) is 21.9. The van der Waals surface area contributed by atoms with Crippen LogP contribution in [0.3, 0.4) is 0 Å². The number of anilines is 2. The second-order valence-corrected chi connectivity index (χ2v) is 21.9. The number of benzene rings is 8. The van der Waals surface area contributed by atoms with E-state index < -0.39 is 11.9 Å². The Morgan fingerprint density at radius 3 is 1.09 bits per heavy atom. The molecule has 0 saturated carbocycles. The van der Waals surface area contributed by atoms with Gasteiger partial charge >= 0.3 is 11.9 Å². The van der Waals surface area contributed by atoms with Crippen LogP contribution in [0, 0.1) is 0 Å². The predicted octanol–water partition coefficient (Wildman–Crippen LogP) is 13.4. The molecule has 0 bridgehead atoms. The molecule has 2 amide bonds. The van der Waals surface area contributed by atoms with E-state index in [0.29, 0.717) is 49.6 Å². The second kappa shape index (κ2) is 32.0. The van der Waals surface area contributed by atoms with E-state index in [2.05, 4.69) is 105 Å². The van der Waals surface area contributed by atoms with Crippen LogP contribution < -0.4 is 39.1 Å². The Morgan fingerprint density at radius 1 is 0.422 bits per heavy atom. The molecule has 90 heavy (non-hydrogen) atoms. The minimum absolute atomic E-state index is 0.164. The summed E-state index contributed by atoms with van der Waals surface area (Å²) in [4.78, 5) is 54.8. The van der Waals surface area contributed by atoms with Crippen molar-refractivity contribution >= 4 is 35.1 Å². The lowest BCUT2D eigenvalue weighted by molar-refractivity contribution is -0.130. The van der Waals surface area contributed by atoms with Crippen LogP contribution in [0.2, 0.25) is 0 Å². The average molecular weight is 1210 g/mol. The van der Waals surface area contributed by atoms with E-state index in [4.69, 9.17) is 28.4 Å². The molecule has 4 aliphatic rings. The van der Waals surface area contributed by atoms with Gasteiger partial charge in [-0.15, -0.1) is 0 Å². The lowest BCUT2D eigenvalue weighted by Crippen LogP contribution is -2.31. The van der Waals surface area contributed by atoms with Crippen molar-refractivity contribution in [3.8, 4) is 34.5 Å². The molecular formula is C74H74N6O10. The van der Waals surface area contributed by atoms with Crippen molar-refractivity contribution in [3.63, 3.8) is 0 Å². The van der Waals surface area contributed by atoms with Crippen molar-refractivity contribution in [1.82, 2.24) is 19.6 Å². The predicted molar refractivity (Wildman–Crippen MR) is 349 cm³/mol. The number of carbonyl (C=O) groups excluding carboxylic acids is 4. The summed E-state index contributed by atoms with van der Waals surface area (Å²) < 4.78 is 33.6. The molecular weight excluding hydrogens is 1130 g/mol. The molecule has 12 rings (SSSR count). The molecule has 460 valence electrons. The highest BCUT2D eigenvalue weighted by Crippen LogP contribution is 2.33. The van der Waals surface area contributed by atoms with E-state index in [9.17, 15) is 19.2 Å². The summed E-state index contributed by atoms with van der Waals surface area (Å²) >= 11 is 0. The van der Waals surface area contributed by atoms with Gasteiger partial charge in [0.25, 0.3) is 5.91 Å². The molecule has 8 aromatic carbocycles. The maximum Gasteiger partial charge on any atom is 0.338 e. The van der Waals surface area contributed by atoms with Crippen molar-refractivity contribution in [2.45, 2.75) is 66.2 Å². The normalized spacial score (nSPS) is 13.8. The van der Waals surface area contributed by atoms with Gasteiger partial charge in [0.1, 0.15) is 61.4 Å². The van der Waals surface area contributed by atoms with Crippen molar-refractivity contribution in [2.24, 2.45) is 0 Å². The van der Waals surface area contributed by atoms with Gasteiger partial charge in [-0.1, -0.05) is 148 Å². The molecule has 0 aliphatic carbocycles. The number of amides is 2. The first-order valence-electron chi connectivity index (χ1n) is 29.4. The summed E-state index contributed by atoms with van der Waals surface area (Å²) in [5.74, 6) is 3.20. The van der Waals surface area contributed by atoms with Crippen LogP contribution in [0.1, 0.15) is 58.4 Å². The number of fused-ring (bicyclic) bond motifs is 4. The molecule has 0 fully saturated rings. The Hall–Kier alpha value is -10.4. The first-order valence-corrected chi connectivity index (χ1v) is 29.4. The molecule has 0 unspecified atom stereocenters. The number of ether oxygens (including phenoxy) is 6. The van der Waals surface area contributed by atoms with Crippen LogP contribution in [0.4, 0.5) is 11.4 Å². The third-order valence-corrected chi connectivity index (χ3v) is 14.4. The van der Waals surface area contributed by atoms with Gasteiger partial charge in [-0.05, 0) is 115 Å². The summed E-state index contributed by atoms with van der Waals surface area (Å²) in [6, 6.07) is 63.4. The third-order valence-electron chi connectivity index (χ3n) is 14.4. The zero-order valence-electron chi connectivity index (χ0n) is 50.8. The van der Waals surface area contributed by atoms with E-state index in [0.717, 1.165) is 115 Å². The maximum absolute atomic E-state index is 11.7. The van der Waals surface area contributed by atoms with Gasteiger partial charge in [0.15, 0.2) is 0 Å². The summed E-state index contributed by atoms with van der Waals surface area (Å²) in [5, 5.41) is 5.62. The highest BCUT2D eigenvalue weighted by molar-refractivity contribution is 6.03. The molecule has 16 heteroatoms. The summed E-state index contributed by atoms with van der Waals surface area (Å²) in [5.41, 5.74) is 11.6. The number of hydrogen-bond acceptors (Lipinski definition) is 14. The van der Waals surface area contributed by atoms with E-state index in [-0.39, 0.29) is 11.8 Å². The molecule has 2 N–H and O–H groups in total. The Balaban J connectivity index is 0.000000142. The van der Waals surface area contributed by atoms with Gasteiger partial charge in [0, 0.05) is 103 Å². The smallest absolute Gasteiger partial charge is 0.338 e. The van der Waals surface area contributed by atoms with E-state index in [1.165, 1.54) is 28.3 Å². The van der Waals surface area contributed by atoms with Crippen molar-refractivity contribution in [3.05, 3.63) is 288 Å². The molecule has 0 aromatic heterocycles. The topological polar surface area (TPSA) is 161 Å². The van der Waals surface area contributed by atoms with E-state index in [1.54, 1.807) is 26.0 Å². The van der Waals surface area contributed by atoms with Crippen molar-refractivity contribution < 1.29 is 47.6 Å². The lowest BCUT2D eigenvalue weighted by atomic mass is 10.1. The Morgan fingerprint density at radius 2 is 0.756 bits per heavy atom. The Labute approximate surface area is 526 Å². The Bertz CT molecular complexity index is 3560. The fraction of sp³-hybridized carbons (Fsp3) is 0.189. The van der Waals surface area contributed by atoms with Crippen molar-refractivity contribution in [2.75, 3.05) is 37.6 Å². The van der Waals surface area contributed by atoms with Gasteiger partial charge in [-0.25, -0.2) is 9.59 Å². The first-order chi connectivity index (χ1) is 43.7. The summed E-state index contributed by atoms with van der Waals surface area (Å²) in [6.07, 6.45) is 2.41. The first kappa shape index (κ1) is 64.1. The third kappa shape index (κ3) is 19.3. The van der Waals surface area contributed by atoms with Gasteiger partial charge in [0.05, 0.1) is 0 Å². The largest absolute Gasteiger partial charge is 0.478 e. The fourth-order valence-electron chi connectivity index (χ4n) is 9.96. The van der Waals surface area contributed by atoms with E-state index >= 15 is 0 Å². The summed E-state index contributed by atoms with van der Waals surface area (Å²) in [6.45, 7) is 26.1. The zero-order chi connectivity index (χ0) is 63.2. The number of rotatable bonds is 16. The number of carbonyl (C=O) groups is 4. The highest BCUT2D eigenvalue weighted by atomic mass is 16.5. The molecule has 4 heterocycles. The fourth-order valence-corrected chi connectivity index (χ4v) is 9.96. The molecule has 0 radical (unpaired) electrons. The molecule has 0 saturated heterocycles. The van der Waals surface area contributed by atoms with E-state index in [1.807, 2.05) is 133 Å². The van der Waals surface area contributed by atoms with Crippen LogP contribution in [-0.2, 0) is 71.5 Å². The van der Waals surface area contributed by atoms with Crippen LogP contribution >= 0.6 is 0 Å². The molecule has 8 aromatic rings. The SMILES string of the molecule is C=C(C)C(=O)Nc1ccc2c(c1)CN(Cc1ccccc1)CO2.C=C(C)C(=O)Oc1ccc2c(c1)CN(Cc1ccccc1)CO2.C=CC(=O)Nc1ccc2c(c1)CN(Cc1ccccc1)CO2.C=CC(=O)Oc1ccc2c(c1)CN(Cc1ccccc1)CO2. The minimum atomic E-state index is -0.460.